The third-order valence-corrected chi connectivity index (χ3v) is 1.58. The van der Waals surface area contributed by atoms with Gasteiger partial charge < -0.3 is 0 Å². The Balaban J connectivity index is 0.0000001000. The minimum Gasteiger partial charge on any atom is -0.231 e. The Kier molecular flexibility index (Phi) is 3.66. The highest BCUT2D eigenvalue weighted by Gasteiger charge is 1.60. The van der Waals surface area contributed by atoms with Crippen molar-refractivity contribution in [1.29, 1.82) is 0 Å². The van der Waals surface area contributed by atoms with E-state index in [9.17, 15) is 0 Å². The number of hydrogen-bond donors (Lipinski definition) is 0. The van der Waals surface area contributed by atoms with Gasteiger partial charge in [-0.15, -0.1) is 0 Å². The summed E-state index contributed by atoms with van der Waals surface area (Å²) in [5.41, 5.74) is 1.68. The van der Waals surface area contributed by atoms with Crippen molar-refractivity contribution < 1.29 is 0 Å². The van der Waals surface area contributed by atoms with Gasteiger partial charge in [-0.3, -0.25) is 0 Å². The fraction of sp³-hybridized carbons (Fsp3) is 0. The molecule has 52 valence electrons. The first-order valence-corrected chi connectivity index (χ1v) is 4.21. The molecule has 0 unspecified atom stereocenters. The first-order chi connectivity index (χ1) is 5.00. The van der Waals surface area contributed by atoms with Crippen LogP contribution in [0, 0.1) is 0 Å². The van der Waals surface area contributed by atoms with E-state index < -0.39 is 0 Å². The second-order valence-electron chi connectivity index (χ2n) is 1.27. The number of rotatable bonds is 0. The molecule has 0 atom stereocenters. The molecule has 5 heteroatoms. The van der Waals surface area contributed by atoms with Crippen molar-refractivity contribution in [1.82, 2.24) is 13.7 Å². The van der Waals surface area contributed by atoms with E-state index >= 15 is 0 Å². The fourth-order valence-electron chi connectivity index (χ4n) is 0.312. The van der Waals surface area contributed by atoms with Gasteiger partial charge in [0.1, 0.15) is 11.8 Å². The molecule has 0 aliphatic rings. The Morgan fingerprint density at radius 2 is 2.10 bits per heavy atom. The summed E-state index contributed by atoms with van der Waals surface area (Å²) in [6, 6.07) is 1.91. The van der Waals surface area contributed by atoms with Gasteiger partial charge in [-0.25, -0.2) is 9.36 Å². The molecule has 0 bridgehead atoms. The maximum atomic E-state index is 3.76. The van der Waals surface area contributed by atoms with Crippen LogP contribution in [0.2, 0.25) is 0 Å². The van der Waals surface area contributed by atoms with Gasteiger partial charge >= 0.3 is 0 Å². The van der Waals surface area contributed by atoms with E-state index in [4.69, 9.17) is 0 Å². The third kappa shape index (κ3) is 3.26. The van der Waals surface area contributed by atoms with E-state index in [2.05, 4.69) is 13.7 Å². The fourth-order valence-corrected chi connectivity index (χ4v) is 0.935. The molecule has 10 heavy (non-hydrogen) atoms. The van der Waals surface area contributed by atoms with Crippen LogP contribution in [0.1, 0.15) is 0 Å². The first-order valence-electron chi connectivity index (χ1n) is 2.54. The van der Waals surface area contributed by atoms with E-state index in [0.29, 0.717) is 0 Å². The Labute approximate surface area is 66.7 Å². The molecule has 0 aliphatic carbocycles. The van der Waals surface area contributed by atoms with Crippen LogP contribution in [-0.4, -0.2) is 13.7 Å². The number of aromatic nitrogens is 3. The van der Waals surface area contributed by atoms with E-state index in [1.165, 1.54) is 29.4 Å². The Hall–Kier alpha value is -0.810. The molecule has 0 saturated carbocycles. The van der Waals surface area contributed by atoms with Crippen molar-refractivity contribution in [2.75, 3.05) is 0 Å². The summed E-state index contributed by atoms with van der Waals surface area (Å²) in [6.07, 6.45) is 3.29. The zero-order valence-electron chi connectivity index (χ0n) is 5.04. The van der Waals surface area contributed by atoms with Crippen LogP contribution in [0.15, 0.2) is 29.5 Å². The second kappa shape index (κ2) is 5.01. The van der Waals surface area contributed by atoms with E-state index in [1.807, 2.05) is 11.4 Å². The van der Waals surface area contributed by atoms with Crippen LogP contribution in [0.5, 0.6) is 0 Å². The summed E-state index contributed by atoms with van der Waals surface area (Å²) in [7, 11) is 0. The van der Waals surface area contributed by atoms with Gasteiger partial charge in [-0.1, -0.05) is 0 Å². The lowest BCUT2D eigenvalue weighted by Crippen LogP contribution is -1.43. The molecule has 2 aromatic rings. The molecule has 0 amide bonds. The molecule has 2 aromatic heterocycles. The van der Waals surface area contributed by atoms with Gasteiger partial charge in [0.25, 0.3) is 0 Å². The topological polar surface area (TPSA) is 38.7 Å². The molecule has 2 rings (SSSR count). The standard InChI is InChI=1S/C3H3NS.C2H2N2S/c1-2-4-5-3-1;1-3-2-5-4-1/h1-3H;1-2H. The third-order valence-electron chi connectivity index (χ3n) is 0.630. The second-order valence-corrected chi connectivity index (χ2v) is 2.60. The minimum absolute atomic E-state index is 1.35. The highest BCUT2D eigenvalue weighted by atomic mass is 32.1. The summed E-state index contributed by atoms with van der Waals surface area (Å²) in [5.74, 6) is 0. The van der Waals surface area contributed by atoms with Crippen molar-refractivity contribution in [2.24, 2.45) is 0 Å². The number of nitrogens with zero attached hydrogens (tertiary/aromatic N) is 3. The van der Waals surface area contributed by atoms with Gasteiger partial charge in [-0.05, 0) is 29.1 Å². The molecule has 0 fully saturated rings. The van der Waals surface area contributed by atoms with Crippen molar-refractivity contribution in [2.45, 2.75) is 0 Å². The van der Waals surface area contributed by atoms with Gasteiger partial charge in [-0.2, -0.15) is 4.37 Å². The molecule has 3 nitrogen and oxygen atoms in total. The Bertz CT molecular complexity index is 154. The lowest BCUT2D eigenvalue weighted by atomic mass is 10.8. The zero-order valence-corrected chi connectivity index (χ0v) is 6.68. The van der Waals surface area contributed by atoms with Crippen LogP contribution < -0.4 is 0 Å². The molecule has 0 saturated heterocycles. The lowest BCUT2D eigenvalue weighted by molar-refractivity contribution is 1.33. The maximum absolute atomic E-state index is 3.76. The molecule has 2 heterocycles. The van der Waals surface area contributed by atoms with Gasteiger partial charge in [0.15, 0.2) is 0 Å². The minimum atomic E-state index is 1.35. The molecule has 0 N–H and O–H groups in total. The molecule has 0 radical (unpaired) electrons. The van der Waals surface area contributed by atoms with Gasteiger partial charge in [0.05, 0.1) is 0 Å². The van der Waals surface area contributed by atoms with Crippen LogP contribution in [0.4, 0.5) is 0 Å². The maximum Gasteiger partial charge on any atom is 0.129 e. The molecule has 0 aromatic carbocycles. The van der Waals surface area contributed by atoms with Gasteiger partial charge in [0, 0.05) is 11.6 Å². The highest BCUT2D eigenvalue weighted by Crippen LogP contribution is 1.83. The van der Waals surface area contributed by atoms with E-state index in [1.54, 1.807) is 11.7 Å². The van der Waals surface area contributed by atoms with Crippen molar-refractivity contribution >= 4 is 23.1 Å². The summed E-state index contributed by atoms with van der Waals surface area (Å²) in [6.45, 7) is 0. The van der Waals surface area contributed by atoms with Gasteiger partial charge in [0.2, 0.25) is 0 Å². The highest BCUT2D eigenvalue weighted by molar-refractivity contribution is 7.03. The molecule has 0 aliphatic heterocycles. The average molecular weight is 171 g/mol. The zero-order chi connectivity index (χ0) is 7.07. The lowest BCUT2D eigenvalue weighted by Gasteiger charge is -1.41. The van der Waals surface area contributed by atoms with Crippen molar-refractivity contribution in [3.8, 4) is 0 Å². The molecular weight excluding hydrogens is 166 g/mol. The van der Waals surface area contributed by atoms with Crippen LogP contribution in [0.3, 0.4) is 0 Å². The predicted molar refractivity (Wildman–Crippen MR) is 42.0 cm³/mol. The smallest absolute Gasteiger partial charge is 0.129 e. The van der Waals surface area contributed by atoms with E-state index in [-0.39, 0.29) is 0 Å². The first kappa shape index (κ1) is 7.30. The monoisotopic (exact) mass is 171 g/mol. The Morgan fingerprint density at radius 3 is 2.30 bits per heavy atom. The summed E-state index contributed by atoms with van der Waals surface area (Å²) in [5, 5.41) is 1.93. The van der Waals surface area contributed by atoms with Crippen molar-refractivity contribution in [3.05, 3.63) is 29.5 Å². The average Bonchev–Trinajstić information content (AvgIpc) is 2.67. The number of hydrogen-bond acceptors (Lipinski definition) is 5. The predicted octanol–water partition coefficient (Wildman–Crippen LogP) is 1.68. The summed E-state index contributed by atoms with van der Waals surface area (Å²) >= 11 is 2.81. The van der Waals surface area contributed by atoms with Crippen LogP contribution in [-0.2, 0) is 0 Å². The normalized spacial score (nSPS) is 8.00. The van der Waals surface area contributed by atoms with Crippen LogP contribution in [0.25, 0.3) is 0 Å². The molecule has 0 spiro atoms. The molecular formula is C5H5N3S2. The van der Waals surface area contributed by atoms with Crippen molar-refractivity contribution in [3.63, 3.8) is 0 Å². The quantitative estimate of drug-likeness (QED) is 0.605. The van der Waals surface area contributed by atoms with Crippen LogP contribution >= 0.6 is 23.1 Å². The Morgan fingerprint density at radius 1 is 1.10 bits per heavy atom. The van der Waals surface area contributed by atoms with E-state index in [0.717, 1.165) is 0 Å². The largest absolute Gasteiger partial charge is 0.231 e. The summed E-state index contributed by atoms with van der Waals surface area (Å²) in [4.78, 5) is 3.63. The SMILES string of the molecule is c1cnsc1.c1ncsn1. The summed E-state index contributed by atoms with van der Waals surface area (Å²) < 4.78 is 7.42.